The van der Waals surface area contributed by atoms with Crippen molar-refractivity contribution in [3.63, 3.8) is 0 Å². The Kier molecular flexibility index (Phi) is 3.72. The molecule has 2 nitrogen and oxygen atoms in total. The maximum absolute atomic E-state index is 6.06. The highest BCUT2D eigenvalue weighted by atomic mass is 15.0. The quantitative estimate of drug-likeness (QED) is 0.839. The second-order valence-corrected chi connectivity index (χ2v) is 5.63. The second kappa shape index (κ2) is 5.09. The molecule has 0 heterocycles. The largest absolute Gasteiger partial charge is 0.378 e. The minimum Gasteiger partial charge on any atom is -0.378 e. The molecule has 3 unspecified atom stereocenters. The Labute approximate surface area is 105 Å². The van der Waals surface area contributed by atoms with E-state index in [0.717, 1.165) is 12.5 Å². The summed E-state index contributed by atoms with van der Waals surface area (Å²) in [7, 11) is 0. The van der Waals surface area contributed by atoms with Crippen LogP contribution in [0.2, 0.25) is 0 Å². The van der Waals surface area contributed by atoms with E-state index in [-0.39, 0.29) is 5.54 Å². The molecule has 17 heavy (non-hydrogen) atoms. The van der Waals surface area contributed by atoms with E-state index in [2.05, 4.69) is 43.4 Å². The molecule has 0 saturated heterocycles. The van der Waals surface area contributed by atoms with E-state index in [1.165, 1.54) is 24.9 Å². The summed E-state index contributed by atoms with van der Waals surface area (Å²) in [5, 5.41) is 3.69. The number of nitrogens with two attached hydrogens (primary N) is 1. The Hall–Kier alpha value is -1.02. The zero-order valence-electron chi connectivity index (χ0n) is 10.9. The van der Waals surface area contributed by atoms with Gasteiger partial charge in [-0.25, -0.2) is 0 Å². The van der Waals surface area contributed by atoms with Gasteiger partial charge in [0.2, 0.25) is 0 Å². The molecule has 1 aliphatic carbocycles. The fraction of sp³-hybridized carbons (Fsp3) is 0.600. The van der Waals surface area contributed by atoms with E-state index in [4.69, 9.17) is 5.73 Å². The maximum atomic E-state index is 6.06. The first-order chi connectivity index (χ1) is 8.16. The van der Waals surface area contributed by atoms with Crippen LogP contribution in [0.15, 0.2) is 30.3 Å². The third kappa shape index (κ3) is 2.63. The molecular weight excluding hydrogens is 208 g/mol. The minimum atomic E-state index is 0.0911. The Morgan fingerprint density at radius 3 is 2.59 bits per heavy atom. The first-order valence-electron chi connectivity index (χ1n) is 6.69. The Morgan fingerprint density at radius 2 is 2.00 bits per heavy atom. The van der Waals surface area contributed by atoms with Gasteiger partial charge in [0.05, 0.1) is 5.54 Å². The summed E-state index contributed by atoms with van der Waals surface area (Å²) in [6.07, 6.45) is 3.74. The fourth-order valence-electron chi connectivity index (χ4n) is 3.05. The number of hydrogen-bond donors (Lipinski definition) is 2. The normalized spacial score (nSPS) is 33.4. The van der Waals surface area contributed by atoms with Gasteiger partial charge in [-0.2, -0.15) is 0 Å². The van der Waals surface area contributed by atoms with Crippen LogP contribution in [0.1, 0.15) is 33.1 Å². The first kappa shape index (κ1) is 12.4. The number of benzene rings is 1. The van der Waals surface area contributed by atoms with Crippen LogP contribution >= 0.6 is 0 Å². The average Bonchev–Trinajstić information content (AvgIpc) is 2.34. The van der Waals surface area contributed by atoms with Crippen LogP contribution < -0.4 is 11.1 Å². The minimum absolute atomic E-state index is 0.0911. The van der Waals surface area contributed by atoms with E-state index < -0.39 is 0 Å². The van der Waals surface area contributed by atoms with Gasteiger partial charge in [0.15, 0.2) is 0 Å². The molecule has 1 saturated carbocycles. The van der Waals surface area contributed by atoms with Gasteiger partial charge in [0, 0.05) is 12.2 Å². The molecule has 1 aromatic rings. The molecule has 3 atom stereocenters. The number of anilines is 1. The molecule has 0 aliphatic heterocycles. The van der Waals surface area contributed by atoms with Crippen molar-refractivity contribution in [3.05, 3.63) is 30.3 Å². The van der Waals surface area contributed by atoms with Crippen molar-refractivity contribution in [3.8, 4) is 0 Å². The SMILES string of the molecule is CC1CCC(CN)(Nc2ccccc2)C(C)C1. The highest BCUT2D eigenvalue weighted by molar-refractivity contribution is 5.45. The van der Waals surface area contributed by atoms with E-state index >= 15 is 0 Å². The lowest BCUT2D eigenvalue weighted by molar-refractivity contribution is 0.189. The van der Waals surface area contributed by atoms with Crippen LogP contribution in [0.5, 0.6) is 0 Å². The molecule has 3 N–H and O–H groups in total. The highest BCUT2D eigenvalue weighted by Crippen LogP contribution is 2.38. The standard InChI is InChI=1S/C15H24N2/c1-12-8-9-15(11-16,13(2)10-12)17-14-6-4-3-5-7-14/h3-7,12-13,17H,8-11,16H2,1-2H3. The van der Waals surface area contributed by atoms with Crippen molar-refractivity contribution in [2.24, 2.45) is 17.6 Å². The van der Waals surface area contributed by atoms with Gasteiger partial charge >= 0.3 is 0 Å². The molecular formula is C15H24N2. The lowest BCUT2D eigenvalue weighted by Crippen LogP contribution is -2.53. The van der Waals surface area contributed by atoms with Crippen molar-refractivity contribution in [2.45, 2.75) is 38.6 Å². The highest BCUT2D eigenvalue weighted by Gasteiger charge is 2.38. The van der Waals surface area contributed by atoms with Gasteiger partial charge in [-0.1, -0.05) is 32.0 Å². The summed E-state index contributed by atoms with van der Waals surface area (Å²) in [5.74, 6) is 1.47. The maximum Gasteiger partial charge on any atom is 0.0521 e. The molecule has 2 rings (SSSR count). The molecule has 1 aliphatic rings. The zero-order chi connectivity index (χ0) is 12.3. The fourth-order valence-corrected chi connectivity index (χ4v) is 3.05. The summed E-state index contributed by atoms with van der Waals surface area (Å²) in [6.45, 7) is 5.40. The van der Waals surface area contributed by atoms with Crippen molar-refractivity contribution in [1.82, 2.24) is 0 Å². The van der Waals surface area contributed by atoms with Gasteiger partial charge in [0.25, 0.3) is 0 Å². The molecule has 0 bridgehead atoms. The smallest absolute Gasteiger partial charge is 0.0521 e. The second-order valence-electron chi connectivity index (χ2n) is 5.63. The van der Waals surface area contributed by atoms with Gasteiger partial charge in [-0.05, 0) is 43.2 Å². The van der Waals surface area contributed by atoms with Crippen LogP contribution in [0.3, 0.4) is 0 Å². The van der Waals surface area contributed by atoms with Crippen molar-refractivity contribution in [1.29, 1.82) is 0 Å². The monoisotopic (exact) mass is 232 g/mol. The van der Waals surface area contributed by atoms with Gasteiger partial charge in [0.1, 0.15) is 0 Å². The van der Waals surface area contributed by atoms with Crippen LogP contribution in [0.4, 0.5) is 5.69 Å². The average molecular weight is 232 g/mol. The predicted octanol–water partition coefficient (Wildman–Crippen LogP) is 3.25. The predicted molar refractivity (Wildman–Crippen MR) is 74.0 cm³/mol. The molecule has 0 radical (unpaired) electrons. The number of rotatable bonds is 3. The van der Waals surface area contributed by atoms with Crippen molar-refractivity contribution < 1.29 is 0 Å². The Balaban J connectivity index is 2.14. The van der Waals surface area contributed by atoms with Crippen LogP contribution in [-0.4, -0.2) is 12.1 Å². The summed E-state index contributed by atoms with van der Waals surface area (Å²) < 4.78 is 0. The van der Waals surface area contributed by atoms with E-state index in [1.807, 2.05) is 6.07 Å². The zero-order valence-corrected chi connectivity index (χ0v) is 10.9. The van der Waals surface area contributed by atoms with Crippen molar-refractivity contribution >= 4 is 5.69 Å². The summed E-state index contributed by atoms with van der Waals surface area (Å²) in [4.78, 5) is 0. The summed E-state index contributed by atoms with van der Waals surface area (Å²) >= 11 is 0. The molecule has 1 aromatic carbocycles. The molecule has 2 heteroatoms. The summed E-state index contributed by atoms with van der Waals surface area (Å²) in [5.41, 5.74) is 7.34. The molecule has 1 fully saturated rings. The van der Waals surface area contributed by atoms with Crippen LogP contribution in [0.25, 0.3) is 0 Å². The lowest BCUT2D eigenvalue weighted by atomic mass is 9.70. The molecule has 0 amide bonds. The Bertz CT molecular complexity index is 349. The van der Waals surface area contributed by atoms with E-state index in [0.29, 0.717) is 5.92 Å². The van der Waals surface area contributed by atoms with Gasteiger partial charge in [-0.3, -0.25) is 0 Å². The third-order valence-corrected chi connectivity index (χ3v) is 4.31. The first-order valence-corrected chi connectivity index (χ1v) is 6.69. The Morgan fingerprint density at radius 1 is 1.29 bits per heavy atom. The van der Waals surface area contributed by atoms with Crippen LogP contribution in [-0.2, 0) is 0 Å². The number of para-hydroxylation sites is 1. The van der Waals surface area contributed by atoms with Crippen LogP contribution in [0, 0.1) is 11.8 Å². The number of hydrogen-bond acceptors (Lipinski definition) is 2. The van der Waals surface area contributed by atoms with E-state index in [1.54, 1.807) is 0 Å². The summed E-state index contributed by atoms with van der Waals surface area (Å²) in [6, 6.07) is 10.4. The van der Waals surface area contributed by atoms with Crippen molar-refractivity contribution in [2.75, 3.05) is 11.9 Å². The third-order valence-electron chi connectivity index (χ3n) is 4.31. The van der Waals surface area contributed by atoms with Gasteiger partial charge < -0.3 is 11.1 Å². The van der Waals surface area contributed by atoms with Gasteiger partial charge in [-0.15, -0.1) is 0 Å². The molecule has 0 aromatic heterocycles. The van der Waals surface area contributed by atoms with E-state index in [9.17, 15) is 0 Å². The lowest BCUT2D eigenvalue weighted by Gasteiger charge is -2.45. The number of nitrogens with one attached hydrogen (secondary N) is 1. The molecule has 94 valence electrons. The molecule has 0 spiro atoms. The topological polar surface area (TPSA) is 38.0 Å².